The minimum Gasteiger partial charge on any atom is -0.469 e. The van der Waals surface area contributed by atoms with Gasteiger partial charge < -0.3 is 14.6 Å². The van der Waals surface area contributed by atoms with Gasteiger partial charge in [0.05, 0.1) is 18.8 Å². The molecule has 198 valence electrons. The standard InChI is InChI=1S/C24H32O5.5H2S/c1-21-7-4-13(25)10-17(21)14-11-15(14)20-16-5-8-23(27,9-6-19(26)28-3)22(16,2)12-18-24(20,21)29-18;;;;;/h10,14-16,18,20,27H,4-9,11-12H2,1-3H3;5*1H2/t14-,15+,16+,18?,20+,21+,22-,23-,24-;;;;;/m1...../s1. The normalized spacial score (nSPS) is 47.9. The fourth-order valence-corrected chi connectivity index (χ4v) is 8.75. The van der Waals surface area contributed by atoms with Crippen molar-refractivity contribution in [2.75, 3.05) is 7.11 Å². The molecule has 0 bridgehead atoms. The van der Waals surface area contributed by atoms with Crippen molar-refractivity contribution in [3.8, 4) is 0 Å². The van der Waals surface area contributed by atoms with E-state index in [0.29, 0.717) is 36.5 Å². The average molecular weight is 571 g/mol. The molecule has 1 heterocycles. The molecular formula is C24H42O5S5. The Hall–Kier alpha value is 0.550. The lowest BCUT2D eigenvalue weighted by atomic mass is 9.46. The molecule has 34 heavy (non-hydrogen) atoms. The van der Waals surface area contributed by atoms with Gasteiger partial charge in [-0.15, -0.1) is 0 Å². The molecule has 1 aliphatic heterocycles. The van der Waals surface area contributed by atoms with Crippen molar-refractivity contribution in [1.82, 2.24) is 0 Å². The lowest BCUT2D eigenvalue weighted by Gasteiger charge is -2.56. The Morgan fingerprint density at radius 2 is 1.85 bits per heavy atom. The number of hydrogen-bond donors (Lipinski definition) is 1. The largest absolute Gasteiger partial charge is 0.469 e. The van der Waals surface area contributed by atoms with E-state index in [1.54, 1.807) is 0 Å². The minimum absolute atomic E-state index is 0. The maximum absolute atomic E-state index is 12.2. The quantitative estimate of drug-likeness (QED) is 0.413. The first-order valence-corrected chi connectivity index (χ1v) is 11.4. The second-order valence-corrected chi connectivity index (χ2v) is 11.2. The average Bonchev–Trinajstić information content (AvgIpc) is 3.58. The lowest BCUT2D eigenvalue weighted by Crippen LogP contribution is -2.60. The predicted molar refractivity (Wildman–Crippen MR) is 157 cm³/mol. The zero-order valence-corrected chi connectivity index (χ0v) is 25.2. The summed E-state index contributed by atoms with van der Waals surface area (Å²) in [5.41, 5.74) is 0.177. The van der Waals surface area contributed by atoms with Crippen molar-refractivity contribution in [3.05, 3.63) is 11.6 Å². The van der Waals surface area contributed by atoms with Crippen LogP contribution < -0.4 is 0 Å². The Balaban J connectivity index is 0.00000116. The minimum atomic E-state index is -0.825. The van der Waals surface area contributed by atoms with Crippen molar-refractivity contribution >= 4 is 79.2 Å². The van der Waals surface area contributed by atoms with Gasteiger partial charge in [0.15, 0.2) is 5.78 Å². The van der Waals surface area contributed by atoms with Crippen LogP contribution >= 0.6 is 67.5 Å². The fraction of sp³-hybridized carbons (Fsp3) is 0.833. The summed E-state index contributed by atoms with van der Waals surface area (Å²) in [6, 6.07) is 0. The molecule has 5 fully saturated rings. The second-order valence-electron chi connectivity index (χ2n) is 11.2. The van der Waals surface area contributed by atoms with E-state index in [-0.39, 0.29) is 108 Å². The molecule has 1 N–H and O–H groups in total. The molecule has 0 amide bonds. The molecule has 6 aliphatic rings. The molecule has 4 saturated carbocycles. The molecule has 6 rings (SSSR count). The third-order valence-electron chi connectivity index (χ3n) is 10.4. The summed E-state index contributed by atoms with van der Waals surface area (Å²) in [4.78, 5) is 24.0. The van der Waals surface area contributed by atoms with E-state index < -0.39 is 5.60 Å². The van der Waals surface area contributed by atoms with Crippen LogP contribution in [0.1, 0.15) is 65.2 Å². The van der Waals surface area contributed by atoms with E-state index in [2.05, 4.69) is 13.8 Å². The lowest BCUT2D eigenvalue weighted by molar-refractivity contribution is -0.147. The van der Waals surface area contributed by atoms with Crippen LogP contribution in [-0.4, -0.2) is 41.3 Å². The molecule has 1 saturated heterocycles. The van der Waals surface area contributed by atoms with E-state index in [1.165, 1.54) is 19.1 Å². The molecule has 0 aromatic heterocycles. The highest BCUT2D eigenvalue weighted by atomic mass is 32.1. The maximum atomic E-state index is 12.2. The van der Waals surface area contributed by atoms with Crippen LogP contribution in [0.3, 0.4) is 0 Å². The van der Waals surface area contributed by atoms with Crippen LogP contribution in [0, 0.1) is 34.5 Å². The summed E-state index contributed by atoms with van der Waals surface area (Å²) in [5, 5.41) is 11.7. The highest BCUT2D eigenvalue weighted by molar-refractivity contribution is 7.60. The van der Waals surface area contributed by atoms with E-state index in [0.717, 1.165) is 25.7 Å². The first kappa shape index (κ1) is 32.6. The van der Waals surface area contributed by atoms with Crippen LogP contribution in [0.4, 0.5) is 0 Å². The van der Waals surface area contributed by atoms with E-state index >= 15 is 0 Å². The van der Waals surface area contributed by atoms with Crippen LogP contribution in [0.15, 0.2) is 11.6 Å². The van der Waals surface area contributed by atoms with Crippen molar-refractivity contribution in [3.63, 3.8) is 0 Å². The number of ether oxygens (including phenoxy) is 2. The van der Waals surface area contributed by atoms with Crippen molar-refractivity contribution in [1.29, 1.82) is 0 Å². The van der Waals surface area contributed by atoms with Gasteiger partial charge >= 0.3 is 5.97 Å². The SMILES string of the molecule is COC(=O)CC[C@]1(O)CC[C@H]2[C@@H]3[C@H]4C[C@H]4C4=CC(=O)CC[C@]4(C)[C@]34OC4C[C@]21C.S.S.S.S.S. The number of aliphatic hydroxyl groups is 1. The highest BCUT2D eigenvalue weighted by Gasteiger charge is 2.84. The number of methoxy groups -OCH3 is 1. The number of fused-ring (bicyclic) bond motifs is 6. The van der Waals surface area contributed by atoms with Crippen LogP contribution in [0.5, 0.6) is 0 Å². The zero-order valence-electron chi connectivity index (χ0n) is 20.2. The third kappa shape index (κ3) is 3.78. The monoisotopic (exact) mass is 570 g/mol. The van der Waals surface area contributed by atoms with E-state index in [1.807, 2.05) is 6.08 Å². The van der Waals surface area contributed by atoms with Gasteiger partial charge in [0.2, 0.25) is 0 Å². The summed E-state index contributed by atoms with van der Waals surface area (Å²) in [6.45, 7) is 4.61. The van der Waals surface area contributed by atoms with Crippen molar-refractivity contribution in [2.45, 2.75) is 82.5 Å². The Morgan fingerprint density at radius 1 is 1.18 bits per heavy atom. The molecule has 5 aliphatic carbocycles. The number of hydrogen-bond acceptors (Lipinski definition) is 5. The number of carbonyl (C=O) groups is 2. The van der Waals surface area contributed by atoms with Gasteiger partial charge in [-0.1, -0.05) is 19.4 Å². The van der Waals surface area contributed by atoms with E-state index in [4.69, 9.17) is 9.47 Å². The van der Waals surface area contributed by atoms with Crippen molar-refractivity contribution < 1.29 is 24.2 Å². The summed E-state index contributed by atoms with van der Waals surface area (Å²) < 4.78 is 11.5. The maximum Gasteiger partial charge on any atom is 0.305 e. The predicted octanol–water partition coefficient (Wildman–Crippen LogP) is 3.75. The molecule has 0 aromatic carbocycles. The Labute approximate surface area is 238 Å². The van der Waals surface area contributed by atoms with Gasteiger partial charge in [-0.25, -0.2) is 0 Å². The second kappa shape index (κ2) is 10.0. The van der Waals surface area contributed by atoms with Gasteiger partial charge in [-0.3, -0.25) is 9.59 Å². The van der Waals surface area contributed by atoms with Gasteiger partial charge in [-0.2, -0.15) is 67.5 Å². The van der Waals surface area contributed by atoms with Crippen molar-refractivity contribution in [2.24, 2.45) is 34.5 Å². The number of rotatable bonds is 3. The van der Waals surface area contributed by atoms with Gasteiger partial charge in [-0.05, 0) is 68.3 Å². The first-order chi connectivity index (χ1) is 13.7. The Morgan fingerprint density at radius 3 is 2.50 bits per heavy atom. The number of esters is 1. The molecule has 0 radical (unpaired) electrons. The fourth-order valence-electron chi connectivity index (χ4n) is 8.75. The number of ketones is 1. The third-order valence-corrected chi connectivity index (χ3v) is 10.4. The molecule has 9 atom stereocenters. The number of epoxide rings is 1. The summed E-state index contributed by atoms with van der Waals surface area (Å²) in [5.74, 6) is 2.07. The molecule has 10 heteroatoms. The molecule has 1 unspecified atom stereocenters. The van der Waals surface area contributed by atoms with Gasteiger partial charge in [0, 0.05) is 23.7 Å². The zero-order chi connectivity index (χ0) is 20.4. The highest BCUT2D eigenvalue weighted by Crippen LogP contribution is 2.82. The number of carbonyl (C=O) groups excluding carboxylic acids is 2. The Bertz CT molecular complexity index is 869. The topological polar surface area (TPSA) is 76.1 Å². The van der Waals surface area contributed by atoms with Crippen LogP contribution in [-0.2, 0) is 19.1 Å². The first-order valence-electron chi connectivity index (χ1n) is 11.4. The summed E-state index contributed by atoms with van der Waals surface area (Å²) >= 11 is 0. The van der Waals surface area contributed by atoms with E-state index in [9.17, 15) is 14.7 Å². The smallest absolute Gasteiger partial charge is 0.305 e. The summed E-state index contributed by atoms with van der Waals surface area (Å²) in [7, 11) is 1.41. The van der Waals surface area contributed by atoms with Crippen LogP contribution in [0.2, 0.25) is 0 Å². The summed E-state index contributed by atoms with van der Waals surface area (Å²) in [6.07, 6.45) is 8.22. The molecular weight excluding hydrogens is 529 g/mol. The Kier molecular flexibility index (Phi) is 9.60. The van der Waals surface area contributed by atoms with Gasteiger partial charge in [0.25, 0.3) is 0 Å². The molecule has 0 aromatic rings. The molecule has 1 spiro atoms. The van der Waals surface area contributed by atoms with Gasteiger partial charge in [0.1, 0.15) is 5.60 Å². The van der Waals surface area contributed by atoms with Crippen LogP contribution in [0.25, 0.3) is 0 Å². The molecule has 5 nitrogen and oxygen atoms in total.